The van der Waals surface area contributed by atoms with Gasteiger partial charge in [-0.25, -0.2) is 4.98 Å². The van der Waals surface area contributed by atoms with Gasteiger partial charge in [0.15, 0.2) is 17.8 Å². The van der Waals surface area contributed by atoms with E-state index in [1.807, 2.05) is 0 Å². The molecule has 0 saturated carbocycles. The van der Waals surface area contributed by atoms with Crippen LogP contribution in [0.5, 0.6) is 0 Å². The SMILES string of the molecule is [c]1c[nH]c(-c2conn2)n1. The van der Waals surface area contributed by atoms with Gasteiger partial charge in [0.05, 0.1) is 0 Å². The molecule has 0 amide bonds. The molecule has 49 valence electrons. The van der Waals surface area contributed by atoms with E-state index >= 15 is 0 Å². The minimum absolute atomic E-state index is 0.584. The minimum Gasteiger partial charge on any atom is -0.345 e. The third kappa shape index (κ3) is 0.680. The van der Waals surface area contributed by atoms with Crippen LogP contribution in [0.15, 0.2) is 17.0 Å². The second-order valence-electron chi connectivity index (χ2n) is 1.67. The highest BCUT2D eigenvalue weighted by molar-refractivity contribution is 5.44. The molecule has 0 aliphatic rings. The highest BCUT2D eigenvalue weighted by Crippen LogP contribution is 2.07. The van der Waals surface area contributed by atoms with Crippen molar-refractivity contribution in [3.05, 3.63) is 18.7 Å². The summed E-state index contributed by atoms with van der Waals surface area (Å²) in [6.45, 7) is 0. The Morgan fingerprint density at radius 2 is 2.60 bits per heavy atom. The number of hydrogen-bond donors (Lipinski definition) is 1. The van der Waals surface area contributed by atoms with Gasteiger partial charge in [0.1, 0.15) is 6.20 Å². The molecule has 0 saturated heterocycles. The molecule has 0 aliphatic heterocycles. The number of hydrogen-bond acceptors (Lipinski definition) is 4. The average molecular weight is 135 g/mol. The summed E-state index contributed by atoms with van der Waals surface area (Å²) in [5.41, 5.74) is 0.584. The molecule has 1 radical (unpaired) electrons. The van der Waals surface area contributed by atoms with Gasteiger partial charge in [-0.1, -0.05) is 0 Å². The highest BCUT2D eigenvalue weighted by atomic mass is 16.5. The van der Waals surface area contributed by atoms with Crippen molar-refractivity contribution in [1.82, 2.24) is 20.3 Å². The van der Waals surface area contributed by atoms with Crippen molar-refractivity contribution in [3.63, 3.8) is 0 Å². The Balaban J connectivity index is 2.48. The standard InChI is InChI=1S/C5H3N4O/c1-2-7-5(6-1)4-3-10-9-8-4/h1,3H,(H,6,7). The second kappa shape index (κ2) is 1.94. The third-order valence-electron chi connectivity index (χ3n) is 1.05. The lowest BCUT2D eigenvalue weighted by Crippen LogP contribution is -1.78. The Hall–Kier alpha value is -1.65. The minimum atomic E-state index is 0.584. The highest BCUT2D eigenvalue weighted by Gasteiger charge is 2.01. The monoisotopic (exact) mass is 135 g/mol. The zero-order valence-corrected chi connectivity index (χ0v) is 4.90. The van der Waals surface area contributed by atoms with Crippen molar-refractivity contribution < 1.29 is 4.52 Å². The van der Waals surface area contributed by atoms with Crippen molar-refractivity contribution in [2.75, 3.05) is 0 Å². The van der Waals surface area contributed by atoms with Gasteiger partial charge < -0.3 is 9.51 Å². The number of H-pyrrole nitrogens is 1. The van der Waals surface area contributed by atoms with Gasteiger partial charge in [0.25, 0.3) is 0 Å². The normalized spacial score (nSPS) is 10.0. The Morgan fingerprint density at radius 1 is 1.60 bits per heavy atom. The zero-order chi connectivity index (χ0) is 6.81. The van der Waals surface area contributed by atoms with Gasteiger partial charge in [-0.05, 0) is 0 Å². The van der Waals surface area contributed by atoms with Crippen LogP contribution in [0.4, 0.5) is 0 Å². The largest absolute Gasteiger partial charge is 0.345 e. The van der Waals surface area contributed by atoms with Crippen LogP contribution in [0.3, 0.4) is 0 Å². The summed E-state index contributed by atoms with van der Waals surface area (Å²) in [4.78, 5) is 6.63. The number of aromatic amines is 1. The molecule has 2 aromatic rings. The Morgan fingerprint density at radius 3 is 3.20 bits per heavy atom. The summed E-state index contributed by atoms with van der Waals surface area (Å²) in [6.07, 6.45) is 5.60. The molecule has 0 aliphatic carbocycles. The average Bonchev–Trinajstić information content (AvgIpc) is 2.59. The first-order chi connectivity index (χ1) is 4.97. The van der Waals surface area contributed by atoms with Gasteiger partial charge in [0, 0.05) is 11.5 Å². The van der Waals surface area contributed by atoms with Crippen LogP contribution in [0.2, 0.25) is 0 Å². The lowest BCUT2D eigenvalue weighted by molar-refractivity contribution is 0.393. The molecule has 10 heavy (non-hydrogen) atoms. The van der Waals surface area contributed by atoms with E-state index in [-0.39, 0.29) is 0 Å². The smallest absolute Gasteiger partial charge is 0.169 e. The summed E-state index contributed by atoms with van der Waals surface area (Å²) in [7, 11) is 0. The predicted molar refractivity (Wildman–Crippen MR) is 30.7 cm³/mol. The van der Waals surface area contributed by atoms with Crippen molar-refractivity contribution in [2.45, 2.75) is 0 Å². The van der Waals surface area contributed by atoms with Crippen LogP contribution in [-0.2, 0) is 0 Å². The first-order valence-electron chi connectivity index (χ1n) is 2.66. The molecule has 2 aromatic heterocycles. The zero-order valence-electron chi connectivity index (χ0n) is 4.90. The van der Waals surface area contributed by atoms with Gasteiger partial charge in [-0.15, -0.1) is 5.10 Å². The fourth-order valence-corrected chi connectivity index (χ4v) is 0.629. The number of aromatic nitrogens is 4. The Labute approximate surface area is 56.1 Å². The summed E-state index contributed by atoms with van der Waals surface area (Å²) in [5.74, 6) is 0.612. The van der Waals surface area contributed by atoms with E-state index in [0.717, 1.165) is 0 Å². The van der Waals surface area contributed by atoms with Crippen molar-refractivity contribution in [3.8, 4) is 11.5 Å². The van der Waals surface area contributed by atoms with Crippen LogP contribution in [0.1, 0.15) is 0 Å². The molecule has 0 spiro atoms. The fraction of sp³-hybridized carbons (Fsp3) is 0. The van der Waals surface area contributed by atoms with E-state index in [4.69, 9.17) is 0 Å². The van der Waals surface area contributed by atoms with E-state index in [0.29, 0.717) is 11.5 Å². The van der Waals surface area contributed by atoms with Crippen LogP contribution in [0, 0.1) is 6.20 Å². The van der Waals surface area contributed by atoms with E-state index in [1.54, 1.807) is 6.20 Å². The topological polar surface area (TPSA) is 67.6 Å². The summed E-state index contributed by atoms with van der Waals surface area (Å²) < 4.78 is 4.50. The Kier molecular flexibility index (Phi) is 1.00. The maximum Gasteiger partial charge on any atom is 0.169 e. The number of imidazole rings is 1. The van der Waals surface area contributed by atoms with Crippen LogP contribution in [-0.4, -0.2) is 20.3 Å². The van der Waals surface area contributed by atoms with Crippen LogP contribution < -0.4 is 0 Å². The predicted octanol–water partition coefficient (Wildman–Crippen LogP) is 0.260. The lowest BCUT2D eigenvalue weighted by atomic mass is 10.5. The summed E-state index contributed by atoms with van der Waals surface area (Å²) in [6, 6.07) is 0. The van der Waals surface area contributed by atoms with Crippen molar-refractivity contribution in [2.24, 2.45) is 0 Å². The van der Waals surface area contributed by atoms with E-state index in [9.17, 15) is 0 Å². The molecule has 0 unspecified atom stereocenters. The van der Waals surface area contributed by atoms with Crippen LogP contribution in [0.25, 0.3) is 11.5 Å². The van der Waals surface area contributed by atoms with Gasteiger partial charge >= 0.3 is 0 Å². The van der Waals surface area contributed by atoms with Crippen molar-refractivity contribution in [1.29, 1.82) is 0 Å². The molecule has 0 atom stereocenters. The molecule has 0 fully saturated rings. The number of nitrogens with one attached hydrogen (secondary N) is 1. The van der Waals surface area contributed by atoms with Gasteiger partial charge in [0.2, 0.25) is 0 Å². The maximum atomic E-state index is 4.50. The quantitative estimate of drug-likeness (QED) is 0.609. The number of rotatable bonds is 1. The second-order valence-corrected chi connectivity index (χ2v) is 1.67. The summed E-state index contributed by atoms with van der Waals surface area (Å²) in [5, 5.41) is 6.91. The van der Waals surface area contributed by atoms with E-state index in [2.05, 4.69) is 31.1 Å². The van der Waals surface area contributed by atoms with E-state index < -0.39 is 0 Å². The molecule has 5 nitrogen and oxygen atoms in total. The molecule has 2 rings (SSSR count). The maximum absolute atomic E-state index is 4.50. The number of nitrogens with zero attached hydrogens (tertiary/aromatic N) is 3. The molecule has 0 bridgehead atoms. The third-order valence-corrected chi connectivity index (χ3v) is 1.05. The first-order valence-corrected chi connectivity index (χ1v) is 2.66. The molecule has 1 N–H and O–H groups in total. The molecule has 5 heteroatoms. The summed E-state index contributed by atoms with van der Waals surface area (Å²) >= 11 is 0. The molecular weight excluding hydrogens is 132 g/mol. The molecular formula is C5H3N4O. The van der Waals surface area contributed by atoms with E-state index in [1.165, 1.54) is 6.26 Å². The molecule has 2 heterocycles. The Bertz CT molecular complexity index is 253. The van der Waals surface area contributed by atoms with Crippen molar-refractivity contribution >= 4 is 0 Å². The van der Waals surface area contributed by atoms with Crippen LogP contribution >= 0.6 is 0 Å². The van der Waals surface area contributed by atoms with Gasteiger partial charge in [-0.3, -0.25) is 0 Å². The first kappa shape index (κ1) is 5.16. The fourth-order valence-electron chi connectivity index (χ4n) is 0.629. The van der Waals surface area contributed by atoms with Gasteiger partial charge in [-0.2, -0.15) is 0 Å². The molecule has 0 aromatic carbocycles. The lowest BCUT2D eigenvalue weighted by Gasteiger charge is -1.80.